The molecule has 0 saturated carbocycles. The maximum Gasteiger partial charge on any atom is 0.196 e. The van der Waals surface area contributed by atoms with Crippen LogP contribution in [0.4, 0.5) is 0 Å². The van der Waals surface area contributed by atoms with Crippen molar-refractivity contribution in [1.82, 2.24) is 4.68 Å². The zero-order chi connectivity index (χ0) is 10.9. The van der Waals surface area contributed by atoms with E-state index in [0.717, 1.165) is 0 Å². The van der Waals surface area contributed by atoms with Crippen LogP contribution in [0, 0.1) is 0 Å². The van der Waals surface area contributed by atoms with E-state index in [1.54, 1.807) is 0 Å². The molecule has 80 valence electrons. The quantitative estimate of drug-likeness (QED) is 0.655. The minimum Gasteiger partial charge on any atom is -0.155 e. The summed E-state index contributed by atoms with van der Waals surface area (Å²) < 4.78 is 4.72. The van der Waals surface area contributed by atoms with Crippen LogP contribution in [0.2, 0.25) is 0 Å². The minimum atomic E-state index is 0.532. The maximum atomic E-state index is 2.40. The molecule has 0 aromatic carbocycles. The van der Waals surface area contributed by atoms with Crippen LogP contribution in [0.3, 0.4) is 0 Å². The second-order valence-electron chi connectivity index (χ2n) is 4.81. The Morgan fingerprint density at radius 1 is 1.07 bits per heavy atom. The Labute approximate surface area is 87.5 Å². The van der Waals surface area contributed by atoms with Gasteiger partial charge in [-0.1, -0.05) is 13.8 Å². The van der Waals surface area contributed by atoms with Crippen molar-refractivity contribution in [2.24, 2.45) is 0 Å². The molecule has 2 nitrogen and oxygen atoms in total. The highest BCUT2D eigenvalue weighted by Crippen LogP contribution is 2.17. The van der Waals surface area contributed by atoms with Crippen LogP contribution < -0.4 is 4.68 Å². The third-order valence-corrected chi connectivity index (χ3v) is 2.52. The lowest BCUT2D eigenvalue weighted by Crippen LogP contribution is -2.46. The molecule has 14 heavy (non-hydrogen) atoms. The number of nitrogens with zero attached hydrogens (tertiary/aromatic N) is 2. The molecule has 0 aliphatic carbocycles. The van der Waals surface area contributed by atoms with Gasteiger partial charge in [-0.25, -0.2) is 0 Å². The van der Waals surface area contributed by atoms with Crippen LogP contribution in [0.15, 0.2) is 12.3 Å². The van der Waals surface area contributed by atoms with Crippen molar-refractivity contribution < 1.29 is 4.68 Å². The van der Waals surface area contributed by atoms with Crippen LogP contribution in [-0.2, 0) is 0 Å². The Morgan fingerprint density at radius 3 is 2.00 bits per heavy atom. The van der Waals surface area contributed by atoms with Crippen molar-refractivity contribution in [3.05, 3.63) is 18.0 Å². The van der Waals surface area contributed by atoms with Gasteiger partial charge in [0, 0.05) is 6.07 Å². The van der Waals surface area contributed by atoms with Gasteiger partial charge in [0.2, 0.25) is 0 Å². The van der Waals surface area contributed by atoms with E-state index in [1.807, 2.05) is 0 Å². The van der Waals surface area contributed by atoms with Gasteiger partial charge in [-0.3, -0.25) is 0 Å². The van der Waals surface area contributed by atoms with E-state index < -0.39 is 0 Å². The van der Waals surface area contributed by atoms with Crippen molar-refractivity contribution in [3.8, 4) is 0 Å². The predicted molar refractivity (Wildman–Crippen MR) is 59.5 cm³/mol. The molecule has 0 N–H and O–H groups in total. The Morgan fingerprint density at radius 2 is 1.64 bits per heavy atom. The summed E-state index contributed by atoms with van der Waals surface area (Å²) in [6, 6.07) is 3.31. The Hall–Kier alpha value is -0.790. The molecule has 0 aliphatic rings. The molecule has 0 saturated heterocycles. The standard InChI is InChI=1S/C12H23N2/c1-9(2)12-7-8-13(10(3)4)14(12)11(5)6/h7-11H,1-6H3/q+1. The van der Waals surface area contributed by atoms with Gasteiger partial charge in [0.15, 0.2) is 12.2 Å². The van der Waals surface area contributed by atoms with Gasteiger partial charge in [-0.2, -0.15) is 4.68 Å². The molecule has 1 aromatic rings. The molecule has 0 bridgehead atoms. The first-order chi connectivity index (χ1) is 6.45. The number of hydrogen-bond acceptors (Lipinski definition) is 0. The van der Waals surface area contributed by atoms with Gasteiger partial charge in [-0.05, 0) is 33.6 Å². The summed E-state index contributed by atoms with van der Waals surface area (Å²) >= 11 is 0. The lowest BCUT2D eigenvalue weighted by atomic mass is 10.1. The number of rotatable bonds is 3. The van der Waals surface area contributed by atoms with E-state index in [-0.39, 0.29) is 0 Å². The predicted octanol–water partition coefficient (Wildman–Crippen LogP) is 3.06. The van der Waals surface area contributed by atoms with Gasteiger partial charge >= 0.3 is 0 Å². The molecule has 2 heteroatoms. The first-order valence-electron chi connectivity index (χ1n) is 5.57. The second-order valence-corrected chi connectivity index (χ2v) is 4.81. The summed E-state index contributed by atoms with van der Waals surface area (Å²) in [4.78, 5) is 0. The summed E-state index contributed by atoms with van der Waals surface area (Å²) in [7, 11) is 0. The highest BCUT2D eigenvalue weighted by molar-refractivity contribution is 5.03. The van der Waals surface area contributed by atoms with E-state index in [2.05, 4.69) is 63.2 Å². The fourth-order valence-corrected chi connectivity index (χ4v) is 1.88. The highest BCUT2D eigenvalue weighted by Gasteiger charge is 2.21. The van der Waals surface area contributed by atoms with Crippen LogP contribution in [0.25, 0.3) is 0 Å². The second kappa shape index (κ2) is 4.16. The molecule has 0 spiro atoms. The molecule has 1 heterocycles. The van der Waals surface area contributed by atoms with Crippen molar-refractivity contribution >= 4 is 0 Å². The van der Waals surface area contributed by atoms with Gasteiger partial charge < -0.3 is 0 Å². The average Bonchev–Trinajstić information content (AvgIpc) is 2.46. The molecule has 0 radical (unpaired) electrons. The smallest absolute Gasteiger partial charge is 0.155 e. The first-order valence-corrected chi connectivity index (χ1v) is 5.57. The van der Waals surface area contributed by atoms with Gasteiger partial charge in [-0.15, -0.1) is 4.68 Å². The Bertz CT molecular complexity index is 270. The van der Waals surface area contributed by atoms with Crippen molar-refractivity contribution in [2.75, 3.05) is 0 Å². The van der Waals surface area contributed by atoms with Crippen LogP contribution in [0.1, 0.15) is 65.2 Å². The van der Waals surface area contributed by atoms with E-state index >= 15 is 0 Å². The maximum absolute atomic E-state index is 2.40. The van der Waals surface area contributed by atoms with Crippen molar-refractivity contribution in [3.63, 3.8) is 0 Å². The fraction of sp³-hybridized carbons (Fsp3) is 0.750. The topological polar surface area (TPSA) is 8.81 Å². The molecular weight excluding hydrogens is 172 g/mol. The summed E-state index contributed by atoms with van der Waals surface area (Å²) in [5.74, 6) is 0.595. The Kier molecular flexibility index (Phi) is 3.35. The molecule has 1 rings (SSSR count). The zero-order valence-corrected chi connectivity index (χ0v) is 10.3. The first kappa shape index (κ1) is 11.3. The van der Waals surface area contributed by atoms with Gasteiger partial charge in [0.1, 0.15) is 0 Å². The summed E-state index contributed by atoms with van der Waals surface area (Å²) in [6.45, 7) is 13.4. The third kappa shape index (κ3) is 1.99. The number of aromatic nitrogens is 2. The van der Waals surface area contributed by atoms with E-state index in [9.17, 15) is 0 Å². The summed E-state index contributed by atoms with van der Waals surface area (Å²) in [5.41, 5.74) is 1.42. The highest BCUT2D eigenvalue weighted by atomic mass is 15.4. The van der Waals surface area contributed by atoms with Crippen molar-refractivity contribution in [1.29, 1.82) is 0 Å². The van der Waals surface area contributed by atoms with Crippen LogP contribution >= 0.6 is 0 Å². The lowest BCUT2D eigenvalue weighted by molar-refractivity contribution is -0.794. The summed E-state index contributed by atoms with van der Waals surface area (Å²) in [5, 5.41) is 0. The van der Waals surface area contributed by atoms with Crippen LogP contribution in [0.5, 0.6) is 0 Å². The largest absolute Gasteiger partial charge is 0.196 e. The molecule has 0 fully saturated rings. The molecule has 0 amide bonds. The molecule has 0 aliphatic heterocycles. The minimum absolute atomic E-state index is 0.532. The van der Waals surface area contributed by atoms with Gasteiger partial charge in [0.05, 0.1) is 11.7 Å². The average molecular weight is 195 g/mol. The van der Waals surface area contributed by atoms with Crippen molar-refractivity contribution in [2.45, 2.75) is 59.5 Å². The van der Waals surface area contributed by atoms with Crippen LogP contribution in [-0.4, -0.2) is 4.68 Å². The Balaban J connectivity index is 3.20. The van der Waals surface area contributed by atoms with Gasteiger partial charge in [0.25, 0.3) is 0 Å². The normalized spacial score (nSPS) is 12.1. The molecular formula is C12H23N2+. The zero-order valence-electron chi connectivity index (χ0n) is 10.3. The lowest BCUT2D eigenvalue weighted by Gasteiger charge is -2.14. The molecule has 0 atom stereocenters. The van der Waals surface area contributed by atoms with E-state index in [4.69, 9.17) is 0 Å². The van der Waals surface area contributed by atoms with E-state index in [1.165, 1.54) is 5.69 Å². The number of hydrogen-bond donors (Lipinski definition) is 0. The molecule has 0 unspecified atom stereocenters. The van der Waals surface area contributed by atoms with E-state index in [0.29, 0.717) is 18.0 Å². The monoisotopic (exact) mass is 195 g/mol. The molecule has 1 aromatic heterocycles. The fourth-order valence-electron chi connectivity index (χ4n) is 1.88. The summed E-state index contributed by atoms with van der Waals surface area (Å²) in [6.07, 6.45) is 2.19. The SMILES string of the molecule is CC(C)c1cc[n+](C(C)C)n1C(C)C. The third-order valence-electron chi connectivity index (χ3n) is 2.52.